The van der Waals surface area contributed by atoms with E-state index in [0.29, 0.717) is 22.8 Å². The summed E-state index contributed by atoms with van der Waals surface area (Å²) in [6, 6.07) is 11.2. The van der Waals surface area contributed by atoms with Gasteiger partial charge in [-0.2, -0.15) is 0 Å². The number of aromatic nitrogens is 2. The van der Waals surface area contributed by atoms with Gasteiger partial charge in [-0.3, -0.25) is 14.0 Å². The van der Waals surface area contributed by atoms with Crippen LogP contribution in [0.5, 0.6) is 0 Å². The average molecular weight is 367 g/mol. The normalized spacial score (nSPS) is 10.9. The summed E-state index contributed by atoms with van der Waals surface area (Å²) in [5.74, 6) is 0.762. The number of amides is 1. The Morgan fingerprint density at radius 2 is 1.88 bits per heavy atom. The van der Waals surface area contributed by atoms with Gasteiger partial charge < -0.3 is 5.32 Å². The first-order valence-corrected chi connectivity index (χ1v) is 9.51. The van der Waals surface area contributed by atoms with Gasteiger partial charge >= 0.3 is 0 Å². The lowest BCUT2D eigenvalue weighted by Crippen LogP contribution is -2.16. The topological polar surface area (TPSA) is 63.5 Å². The number of hydrogen-bond acceptors (Lipinski definition) is 4. The fourth-order valence-corrected chi connectivity index (χ4v) is 3.43. The van der Waals surface area contributed by atoms with E-state index in [1.165, 1.54) is 27.8 Å². The van der Waals surface area contributed by atoms with Crippen LogP contribution >= 0.6 is 11.8 Å². The highest BCUT2D eigenvalue weighted by Crippen LogP contribution is 2.17. The summed E-state index contributed by atoms with van der Waals surface area (Å²) in [5.41, 5.74) is 5.30. The van der Waals surface area contributed by atoms with E-state index >= 15 is 0 Å². The van der Waals surface area contributed by atoms with Crippen molar-refractivity contribution in [2.45, 2.75) is 26.5 Å². The van der Waals surface area contributed by atoms with E-state index in [4.69, 9.17) is 0 Å². The molecule has 0 aliphatic carbocycles. The summed E-state index contributed by atoms with van der Waals surface area (Å²) in [4.78, 5) is 28.8. The molecule has 0 aliphatic heterocycles. The third-order valence-corrected chi connectivity index (χ3v) is 4.98. The number of pyridine rings is 1. The molecule has 3 rings (SSSR count). The van der Waals surface area contributed by atoms with Crippen LogP contribution in [-0.2, 0) is 10.5 Å². The molecule has 0 saturated carbocycles. The largest absolute Gasteiger partial charge is 0.325 e. The second kappa shape index (κ2) is 7.74. The first-order valence-electron chi connectivity index (χ1n) is 8.36. The first-order chi connectivity index (χ1) is 12.4. The number of aryl methyl sites for hydroxylation is 3. The van der Waals surface area contributed by atoms with Crippen LogP contribution in [0.4, 0.5) is 5.69 Å². The number of benzene rings is 1. The highest BCUT2D eigenvalue weighted by Gasteiger charge is 2.07. The molecule has 0 unspecified atom stereocenters. The maximum absolute atomic E-state index is 12.1. The van der Waals surface area contributed by atoms with Crippen molar-refractivity contribution >= 4 is 29.0 Å². The van der Waals surface area contributed by atoms with Crippen LogP contribution in [0, 0.1) is 20.8 Å². The summed E-state index contributed by atoms with van der Waals surface area (Å²) in [6.07, 6.45) is 1.73. The molecule has 0 atom stereocenters. The van der Waals surface area contributed by atoms with E-state index in [9.17, 15) is 9.59 Å². The lowest BCUT2D eigenvalue weighted by atomic mass is 10.1. The van der Waals surface area contributed by atoms with Gasteiger partial charge in [0.1, 0.15) is 5.65 Å². The molecule has 26 heavy (non-hydrogen) atoms. The Hall–Kier alpha value is -2.60. The highest BCUT2D eigenvalue weighted by molar-refractivity contribution is 7.99. The Labute approximate surface area is 156 Å². The number of thioether (sulfide) groups is 1. The van der Waals surface area contributed by atoms with Gasteiger partial charge in [0.05, 0.1) is 11.4 Å². The highest BCUT2D eigenvalue weighted by atomic mass is 32.2. The van der Waals surface area contributed by atoms with E-state index < -0.39 is 0 Å². The van der Waals surface area contributed by atoms with Crippen molar-refractivity contribution in [2.75, 3.05) is 11.1 Å². The third-order valence-electron chi connectivity index (χ3n) is 4.01. The molecular formula is C20H21N3O2S. The Morgan fingerprint density at radius 3 is 2.65 bits per heavy atom. The molecule has 0 radical (unpaired) electrons. The molecule has 0 fully saturated rings. The van der Waals surface area contributed by atoms with Crippen molar-refractivity contribution in [3.05, 3.63) is 75.3 Å². The van der Waals surface area contributed by atoms with E-state index in [1.807, 2.05) is 51.1 Å². The van der Waals surface area contributed by atoms with Crippen LogP contribution in [0.3, 0.4) is 0 Å². The molecular weight excluding hydrogens is 346 g/mol. The SMILES string of the molecule is Cc1ccc(NC(=O)CSCc2cc(=O)n3ccc(C)cc3n2)c(C)c1. The minimum absolute atomic E-state index is 0.0599. The zero-order valence-electron chi connectivity index (χ0n) is 15.1. The quantitative estimate of drug-likeness (QED) is 0.750. The van der Waals surface area contributed by atoms with Gasteiger partial charge in [0, 0.05) is 23.7 Å². The number of nitrogens with zero attached hydrogens (tertiary/aromatic N) is 2. The van der Waals surface area contributed by atoms with Crippen LogP contribution in [0.15, 0.2) is 47.4 Å². The lowest BCUT2D eigenvalue weighted by Gasteiger charge is -2.09. The molecule has 0 spiro atoms. The summed E-state index contributed by atoms with van der Waals surface area (Å²) >= 11 is 1.44. The molecule has 1 N–H and O–H groups in total. The van der Waals surface area contributed by atoms with Crippen molar-refractivity contribution < 1.29 is 4.79 Å². The van der Waals surface area contributed by atoms with Crippen LogP contribution < -0.4 is 10.9 Å². The summed E-state index contributed by atoms with van der Waals surface area (Å²) in [5, 5.41) is 2.93. The monoisotopic (exact) mass is 367 g/mol. The van der Waals surface area contributed by atoms with Crippen molar-refractivity contribution in [2.24, 2.45) is 0 Å². The number of fused-ring (bicyclic) bond motifs is 1. The molecule has 6 heteroatoms. The van der Waals surface area contributed by atoms with Gasteiger partial charge in [0.2, 0.25) is 5.91 Å². The minimum Gasteiger partial charge on any atom is -0.325 e. The molecule has 1 amide bonds. The van der Waals surface area contributed by atoms with Crippen molar-refractivity contribution in [3.63, 3.8) is 0 Å². The maximum atomic E-state index is 12.1. The predicted molar refractivity (Wildman–Crippen MR) is 107 cm³/mol. The number of carbonyl (C=O) groups excluding carboxylic acids is 1. The van der Waals surface area contributed by atoms with Gasteiger partial charge in [-0.05, 0) is 50.1 Å². The smallest absolute Gasteiger partial charge is 0.258 e. The Bertz CT molecular complexity index is 1030. The Morgan fingerprint density at radius 1 is 1.12 bits per heavy atom. The van der Waals surface area contributed by atoms with Crippen molar-refractivity contribution in [1.29, 1.82) is 0 Å². The molecule has 5 nitrogen and oxygen atoms in total. The first kappa shape index (κ1) is 18.2. The fourth-order valence-electron chi connectivity index (χ4n) is 2.72. The summed E-state index contributed by atoms with van der Waals surface area (Å²) < 4.78 is 1.52. The minimum atomic E-state index is -0.106. The van der Waals surface area contributed by atoms with Crippen LogP contribution in [0.2, 0.25) is 0 Å². The van der Waals surface area contributed by atoms with Crippen molar-refractivity contribution in [1.82, 2.24) is 9.38 Å². The molecule has 134 valence electrons. The van der Waals surface area contributed by atoms with Gasteiger partial charge in [-0.1, -0.05) is 17.7 Å². The fraction of sp³-hybridized carbons (Fsp3) is 0.250. The average Bonchev–Trinajstić information content (AvgIpc) is 2.57. The molecule has 2 aromatic heterocycles. The van der Waals surface area contributed by atoms with E-state index in [0.717, 1.165) is 16.8 Å². The third kappa shape index (κ3) is 4.32. The molecule has 2 heterocycles. The van der Waals surface area contributed by atoms with E-state index in [1.54, 1.807) is 6.20 Å². The van der Waals surface area contributed by atoms with Gasteiger partial charge in [0.25, 0.3) is 5.56 Å². The molecule has 1 aromatic carbocycles. The van der Waals surface area contributed by atoms with Gasteiger partial charge in [-0.25, -0.2) is 4.98 Å². The molecule has 0 saturated heterocycles. The van der Waals surface area contributed by atoms with E-state index in [2.05, 4.69) is 10.3 Å². The zero-order chi connectivity index (χ0) is 18.7. The second-order valence-corrected chi connectivity index (χ2v) is 7.36. The second-order valence-electron chi connectivity index (χ2n) is 6.38. The van der Waals surface area contributed by atoms with Gasteiger partial charge in [-0.15, -0.1) is 11.8 Å². The number of rotatable bonds is 5. The van der Waals surface area contributed by atoms with Crippen LogP contribution in [0.25, 0.3) is 5.65 Å². The van der Waals surface area contributed by atoms with Crippen LogP contribution in [-0.4, -0.2) is 21.0 Å². The Balaban J connectivity index is 1.61. The van der Waals surface area contributed by atoms with Gasteiger partial charge in [0.15, 0.2) is 0 Å². The summed E-state index contributed by atoms with van der Waals surface area (Å²) in [6.45, 7) is 5.96. The summed E-state index contributed by atoms with van der Waals surface area (Å²) in [7, 11) is 0. The Kier molecular flexibility index (Phi) is 5.42. The molecule has 0 aliphatic rings. The van der Waals surface area contributed by atoms with E-state index in [-0.39, 0.29) is 11.5 Å². The van der Waals surface area contributed by atoms with Crippen LogP contribution in [0.1, 0.15) is 22.4 Å². The van der Waals surface area contributed by atoms with Crippen molar-refractivity contribution in [3.8, 4) is 0 Å². The number of anilines is 1. The number of hydrogen-bond donors (Lipinski definition) is 1. The maximum Gasteiger partial charge on any atom is 0.258 e. The zero-order valence-corrected chi connectivity index (χ0v) is 15.9. The standard InChI is InChI=1S/C20H21N3O2S/c1-13-4-5-17(15(3)8-13)22-19(24)12-26-11-16-10-20(25)23-7-6-14(2)9-18(23)21-16/h4-10H,11-12H2,1-3H3,(H,22,24). The number of nitrogens with one attached hydrogen (secondary N) is 1. The molecule has 0 bridgehead atoms. The molecule has 3 aromatic rings. The predicted octanol–water partition coefficient (Wildman–Crippen LogP) is 3.49. The number of carbonyl (C=O) groups is 1. The lowest BCUT2D eigenvalue weighted by molar-refractivity contribution is -0.113.